The zero-order valence-electron chi connectivity index (χ0n) is 11.7. The maximum absolute atomic E-state index is 13.6. The van der Waals surface area contributed by atoms with Crippen LogP contribution in [-0.2, 0) is 13.0 Å². The van der Waals surface area contributed by atoms with Crippen molar-refractivity contribution in [1.82, 2.24) is 14.5 Å². The SMILES string of the molecule is Cc1cnccc1Cn1c(CCCl)nc2ccc(F)cc21. The topological polar surface area (TPSA) is 30.7 Å². The van der Waals surface area contributed by atoms with Crippen LogP contribution < -0.4 is 0 Å². The van der Waals surface area contributed by atoms with Gasteiger partial charge in [0.2, 0.25) is 0 Å². The van der Waals surface area contributed by atoms with E-state index >= 15 is 0 Å². The molecule has 3 rings (SSSR count). The number of benzene rings is 1. The molecule has 0 amide bonds. The standard InChI is InChI=1S/C16H15ClFN3/c1-11-9-19-7-5-12(11)10-21-15-8-13(18)2-3-14(15)20-16(21)4-6-17/h2-3,5,7-9H,4,6,10H2,1H3. The van der Waals surface area contributed by atoms with E-state index in [0.717, 1.165) is 28.0 Å². The molecule has 3 nitrogen and oxygen atoms in total. The summed E-state index contributed by atoms with van der Waals surface area (Å²) in [5.41, 5.74) is 3.84. The van der Waals surface area contributed by atoms with Gasteiger partial charge in [0.25, 0.3) is 0 Å². The fraction of sp³-hybridized carbons (Fsp3) is 0.250. The smallest absolute Gasteiger partial charge is 0.125 e. The van der Waals surface area contributed by atoms with Gasteiger partial charge in [0, 0.05) is 31.2 Å². The highest BCUT2D eigenvalue weighted by atomic mass is 35.5. The Kier molecular flexibility index (Phi) is 3.88. The molecule has 21 heavy (non-hydrogen) atoms. The predicted octanol–water partition coefficient (Wildman–Crippen LogP) is 3.71. The van der Waals surface area contributed by atoms with Crippen molar-refractivity contribution in [3.63, 3.8) is 0 Å². The second kappa shape index (κ2) is 5.82. The summed E-state index contributed by atoms with van der Waals surface area (Å²) in [6.07, 6.45) is 4.25. The first-order chi connectivity index (χ1) is 10.2. The summed E-state index contributed by atoms with van der Waals surface area (Å²) in [5, 5.41) is 0. The maximum Gasteiger partial charge on any atom is 0.125 e. The van der Waals surface area contributed by atoms with Crippen LogP contribution in [0, 0.1) is 12.7 Å². The van der Waals surface area contributed by atoms with Gasteiger partial charge < -0.3 is 4.57 Å². The number of alkyl halides is 1. The lowest BCUT2D eigenvalue weighted by Gasteiger charge is -2.10. The van der Waals surface area contributed by atoms with Gasteiger partial charge in [-0.05, 0) is 42.3 Å². The molecular formula is C16H15ClFN3. The zero-order valence-corrected chi connectivity index (χ0v) is 12.4. The minimum atomic E-state index is -0.257. The molecule has 0 aliphatic carbocycles. The Morgan fingerprint density at radius 3 is 2.90 bits per heavy atom. The van der Waals surface area contributed by atoms with Crippen molar-refractivity contribution in [2.24, 2.45) is 0 Å². The highest BCUT2D eigenvalue weighted by Gasteiger charge is 2.12. The lowest BCUT2D eigenvalue weighted by Crippen LogP contribution is -2.07. The van der Waals surface area contributed by atoms with E-state index in [1.807, 2.05) is 23.8 Å². The van der Waals surface area contributed by atoms with Gasteiger partial charge in [0.1, 0.15) is 11.6 Å². The molecule has 5 heteroatoms. The summed E-state index contributed by atoms with van der Waals surface area (Å²) in [5.74, 6) is 1.11. The van der Waals surface area contributed by atoms with E-state index < -0.39 is 0 Å². The number of hydrogen-bond donors (Lipinski definition) is 0. The Labute approximate surface area is 127 Å². The number of hydrogen-bond acceptors (Lipinski definition) is 2. The molecule has 0 bridgehead atoms. The largest absolute Gasteiger partial charge is 0.323 e. The molecule has 0 aliphatic heterocycles. The fourth-order valence-electron chi connectivity index (χ4n) is 2.45. The van der Waals surface area contributed by atoms with Gasteiger partial charge in [-0.1, -0.05) is 0 Å². The summed E-state index contributed by atoms with van der Waals surface area (Å²) in [6.45, 7) is 2.66. The Morgan fingerprint density at radius 1 is 1.29 bits per heavy atom. The molecular weight excluding hydrogens is 289 g/mol. The minimum Gasteiger partial charge on any atom is -0.323 e. The van der Waals surface area contributed by atoms with Crippen molar-refractivity contribution < 1.29 is 4.39 Å². The molecule has 0 N–H and O–H groups in total. The van der Waals surface area contributed by atoms with Crippen molar-refractivity contribution in [2.45, 2.75) is 19.9 Å². The highest BCUT2D eigenvalue weighted by molar-refractivity contribution is 6.17. The summed E-state index contributed by atoms with van der Waals surface area (Å²) in [7, 11) is 0. The van der Waals surface area contributed by atoms with E-state index in [1.165, 1.54) is 12.1 Å². The number of aryl methyl sites for hydroxylation is 2. The molecule has 0 saturated heterocycles. The van der Waals surface area contributed by atoms with Crippen LogP contribution in [0.15, 0.2) is 36.7 Å². The van der Waals surface area contributed by atoms with Gasteiger partial charge in [-0.25, -0.2) is 9.37 Å². The number of fused-ring (bicyclic) bond motifs is 1. The average molecular weight is 304 g/mol. The van der Waals surface area contributed by atoms with Crippen LogP contribution in [0.1, 0.15) is 17.0 Å². The third-order valence-electron chi connectivity index (χ3n) is 3.57. The molecule has 3 aromatic rings. The third kappa shape index (κ3) is 2.76. The highest BCUT2D eigenvalue weighted by Crippen LogP contribution is 2.20. The Bertz CT molecular complexity index is 782. The van der Waals surface area contributed by atoms with E-state index in [-0.39, 0.29) is 5.82 Å². The second-order valence-corrected chi connectivity index (χ2v) is 5.37. The van der Waals surface area contributed by atoms with Crippen molar-refractivity contribution in [3.05, 3.63) is 59.4 Å². The normalized spacial score (nSPS) is 11.2. The third-order valence-corrected chi connectivity index (χ3v) is 3.76. The second-order valence-electron chi connectivity index (χ2n) is 4.99. The molecule has 1 aromatic carbocycles. The van der Waals surface area contributed by atoms with E-state index in [4.69, 9.17) is 11.6 Å². The molecule has 0 unspecified atom stereocenters. The van der Waals surface area contributed by atoms with Gasteiger partial charge >= 0.3 is 0 Å². The lowest BCUT2D eigenvalue weighted by molar-refractivity contribution is 0.628. The van der Waals surface area contributed by atoms with Crippen LogP contribution in [0.25, 0.3) is 11.0 Å². The molecule has 2 aromatic heterocycles. The van der Waals surface area contributed by atoms with Crippen LogP contribution in [-0.4, -0.2) is 20.4 Å². The monoisotopic (exact) mass is 303 g/mol. The molecule has 0 atom stereocenters. The van der Waals surface area contributed by atoms with Crippen LogP contribution in [0.2, 0.25) is 0 Å². The van der Waals surface area contributed by atoms with Gasteiger partial charge in [-0.3, -0.25) is 4.98 Å². The van der Waals surface area contributed by atoms with E-state index in [2.05, 4.69) is 9.97 Å². The first-order valence-corrected chi connectivity index (χ1v) is 7.32. The average Bonchev–Trinajstić information content (AvgIpc) is 2.79. The quantitative estimate of drug-likeness (QED) is 0.688. The van der Waals surface area contributed by atoms with E-state index in [9.17, 15) is 4.39 Å². The zero-order chi connectivity index (χ0) is 14.8. The maximum atomic E-state index is 13.6. The number of pyridine rings is 1. The molecule has 0 saturated carbocycles. The molecule has 0 aliphatic rings. The Hall–Kier alpha value is -1.94. The molecule has 108 valence electrons. The van der Waals surface area contributed by atoms with E-state index in [0.29, 0.717) is 18.8 Å². The van der Waals surface area contributed by atoms with Gasteiger partial charge in [-0.2, -0.15) is 0 Å². The van der Waals surface area contributed by atoms with Crippen molar-refractivity contribution in [1.29, 1.82) is 0 Å². The van der Waals surface area contributed by atoms with Crippen LogP contribution >= 0.6 is 11.6 Å². The van der Waals surface area contributed by atoms with Crippen LogP contribution in [0.5, 0.6) is 0 Å². The minimum absolute atomic E-state index is 0.257. The van der Waals surface area contributed by atoms with Crippen LogP contribution in [0.4, 0.5) is 4.39 Å². The summed E-state index contributed by atoms with van der Waals surface area (Å²) >= 11 is 5.86. The fourth-order valence-corrected chi connectivity index (χ4v) is 2.62. The van der Waals surface area contributed by atoms with Gasteiger partial charge in [0.05, 0.1) is 11.0 Å². The summed E-state index contributed by atoms with van der Waals surface area (Å²) in [4.78, 5) is 8.67. The predicted molar refractivity (Wildman–Crippen MR) is 82.2 cm³/mol. The van der Waals surface area contributed by atoms with Crippen molar-refractivity contribution in [3.8, 4) is 0 Å². The summed E-state index contributed by atoms with van der Waals surface area (Å²) < 4.78 is 15.6. The van der Waals surface area contributed by atoms with Crippen LogP contribution in [0.3, 0.4) is 0 Å². The molecule has 0 fully saturated rings. The lowest BCUT2D eigenvalue weighted by atomic mass is 10.1. The number of halogens is 2. The molecule has 0 spiro atoms. The van der Waals surface area contributed by atoms with Gasteiger partial charge in [0.15, 0.2) is 0 Å². The number of rotatable bonds is 4. The first kappa shape index (κ1) is 14.0. The number of nitrogens with zero attached hydrogens (tertiary/aromatic N) is 3. The van der Waals surface area contributed by atoms with Crippen molar-refractivity contribution in [2.75, 3.05) is 5.88 Å². The Balaban J connectivity index is 2.12. The van der Waals surface area contributed by atoms with Gasteiger partial charge in [-0.15, -0.1) is 11.6 Å². The molecule has 2 heterocycles. The first-order valence-electron chi connectivity index (χ1n) is 6.79. The summed E-state index contributed by atoms with van der Waals surface area (Å²) in [6, 6.07) is 6.64. The van der Waals surface area contributed by atoms with E-state index in [1.54, 1.807) is 12.3 Å². The Morgan fingerprint density at radius 2 is 2.14 bits per heavy atom. The molecule has 0 radical (unpaired) electrons. The number of imidazole rings is 1. The number of aromatic nitrogens is 3. The van der Waals surface area contributed by atoms with Crippen molar-refractivity contribution >= 4 is 22.6 Å².